The lowest BCUT2D eigenvalue weighted by atomic mass is 10.0. The summed E-state index contributed by atoms with van der Waals surface area (Å²) in [6.45, 7) is 2.61. The highest BCUT2D eigenvalue weighted by molar-refractivity contribution is 5.93. The second-order valence-corrected chi connectivity index (χ2v) is 5.55. The molecule has 5 heteroatoms. The first-order valence-electron chi connectivity index (χ1n) is 7.55. The molecule has 114 valence electrons. The molecule has 0 atom stereocenters. The fourth-order valence-electron chi connectivity index (χ4n) is 2.95. The van der Waals surface area contributed by atoms with Gasteiger partial charge in [0.2, 0.25) is 0 Å². The Kier molecular flexibility index (Phi) is 3.79. The molecular formula is C17H18N2O3. The number of carboxylic acids is 1. The number of aromatic carboxylic acids is 1. The molecule has 1 N–H and O–H groups in total. The van der Waals surface area contributed by atoms with E-state index in [1.807, 2.05) is 13.0 Å². The van der Waals surface area contributed by atoms with Gasteiger partial charge in [-0.2, -0.15) is 0 Å². The SMILES string of the molecule is CC=C1CCCCCn2c1nc1cc(C(=O)O)ccc1c2=O. The molecule has 1 aromatic carbocycles. The van der Waals surface area contributed by atoms with Gasteiger partial charge < -0.3 is 5.11 Å². The smallest absolute Gasteiger partial charge is 0.335 e. The Labute approximate surface area is 127 Å². The van der Waals surface area contributed by atoms with E-state index in [1.54, 1.807) is 10.6 Å². The van der Waals surface area contributed by atoms with Crippen molar-refractivity contribution in [3.63, 3.8) is 0 Å². The molecule has 0 amide bonds. The molecule has 2 heterocycles. The van der Waals surface area contributed by atoms with Crippen LogP contribution in [0.2, 0.25) is 0 Å². The van der Waals surface area contributed by atoms with Gasteiger partial charge in [-0.05, 0) is 50.0 Å². The number of nitrogens with zero attached hydrogens (tertiary/aromatic N) is 2. The number of hydrogen-bond donors (Lipinski definition) is 1. The summed E-state index contributed by atoms with van der Waals surface area (Å²) < 4.78 is 1.73. The van der Waals surface area contributed by atoms with Crippen LogP contribution < -0.4 is 5.56 Å². The van der Waals surface area contributed by atoms with Gasteiger partial charge in [-0.15, -0.1) is 0 Å². The Morgan fingerprint density at radius 1 is 1.32 bits per heavy atom. The summed E-state index contributed by atoms with van der Waals surface area (Å²) in [6, 6.07) is 4.50. The van der Waals surface area contributed by atoms with Crippen LogP contribution in [0.15, 0.2) is 29.1 Å². The van der Waals surface area contributed by atoms with E-state index in [0.29, 0.717) is 23.3 Å². The molecule has 1 aliphatic heterocycles. The largest absolute Gasteiger partial charge is 0.478 e. The van der Waals surface area contributed by atoms with E-state index in [1.165, 1.54) is 12.1 Å². The Bertz CT molecular complexity index is 834. The number of fused-ring (bicyclic) bond motifs is 2. The summed E-state index contributed by atoms with van der Waals surface area (Å²) in [5.41, 5.74) is 1.57. The maximum absolute atomic E-state index is 12.7. The quantitative estimate of drug-likeness (QED) is 0.878. The van der Waals surface area contributed by atoms with Crippen LogP contribution in [0, 0.1) is 0 Å². The van der Waals surface area contributed by atoms with Gasteiger partial charge in [0, 0.05) is 6.54 Å². The zero-order valence-corrected chi connectivity index (χ0v) is 12.5. The van der Waals surface area contributed by atoms with Gasteiger partial charge in [-0.3, -0.25) is 9.36 Å². The first kappa shape index (κ1) is 14.5. The minimum atomic E-state index is -1.01. The molecule has 0 aliphatic carbocycles. The summed E-state index contributed by atoms with van der Waals surface area (Å²) >= 11 is 0. The topological polar surface area (TPSA) is 72.2 Å². The van der Waals surface area contributed by atoms with Gasteiger partial charge in [0.1, 0.15) is 5.82 Å². The van der Waals surface area contributed by atoms with Gasteiger partial charge in [0.15, 0.2) is 0 Å². The monoisotopic (exact) mass is 298 g/mol. The van der Waals surface area contributed by atoms with Crippen LogP contribution in [0.4, 0.5) is 0 Å². The highest BCUT2D eigenvalue weighted by Gasteiger charge is 2.17. The lowest BCUT2D eigenvalue weighted by molar-refractivity contribution is 0.0697. The second kappa shape index (κ2) is 5.75. The van der Waals surface area contributed by atoms with Crippen molar-refractivity contribution >= 4 is 22.4 Å². The Morgan fingerprint density at radius 3 is 2.86 bits per heavy atom. The van der Waals surface area contributed by atoms with E-state index < -0.39 is 5.97 Å². The molecule has 22 heavy (non-hydrogen) atoms. The highest BCUT2D eigenvalue weighted by atomic mass is 16.4. The van der Waals surface area contributed by atoms with Crippen LogP contribution in [0.3, 0.4) is 0 Å². The molecule has 0 fully saturated rings. The van der Waals surface area contributed by atoms with Gasteiger partial charge in [-0.25, -0.2) is 9.78 Å². The lowest BCUT2D eigenvalue weighted by Crippen LogP contribution is -2.26. The van der Waals surface area contributed by atoms with Crippen LogP contribution in [-0.2, 0) is 6.54 Å². The predicted molar refractivity (Wildman–Crippen MR) is 85.1 cm³/mol. The van der Waals surface area contributed by atoms with Crippen molar-refractivity contribution in [3.05, 3.63) is 46.0 Å². The van der Waals surface area contributed by atoms with Crippen molar-refractivity contribution in [3.8, 4) is 0 Å². The minimum absolute atomic E-state index is 0.0850. The van der Waals surface area contributed by atoms with Gasteiger partial charge in [0.05, 0.1) is 16.5 Å². The van der Waals surface area contributed by atoms with Crippen LogP contribution in [0.1, 0.15) is 48.8 Å². The summed E-state index contributed by atoms with van der Waals surface area (Å²) in [6.07, 6.45) is 6.04. The standard InChI is InChI=1S/C17H18N2O3/c1-2-11-6-4-3-5-9-19-15(11)18-14-10-12(17(21)22)7-8-13(14)16(19)20/h2,7-8,10H,3-6,9H2,1H3,(H,21,22). The summed E-state index contributed by atoms with van der Waals surface area (Å²) in [5.74, 6) is -0.330. The molecular weight excluding hydrogens is 280 g/mol. The normalized spacial score (nSPS) is 17.0. The van der Waals surface area contributed by atoms with Crippen LogP contribution in [0.5, 0.6) is 0 Å². The summed E-state index contributed by atoms with van der Waals surface area (Å²) in [4.78, 5) is 28.5. The van der Waals surface area contributed by atoms with Crippen molar-refractivity contribution in [1.29, 1.82) is 0 Å². The third-order valence-corrected chi connectivity index (χ3v) is 4.17. The van der Waals surface area contributed by atoms with E-state index in [4.69, 9.17) is 5.11 Å². The fraction of sp³-hybridized carbons (Fsp3) is 0.353. The van der Waals surface area contributed by atoms with Crippen LogP contribution in [0.25, 0.3) is 16.5 Å². The highest BCUT2D eigenvalue weighted by Crippen LogP contribution is 2.24. The molecule has 0 spiro atoms. The first-order chi connectivity index (χ1) is 10.6. The number of benzene rings is 1. The molecule has 0 saturated heterocycles. The second-order valence-electron chi connectivity index (χ2n) is 5.55. The predicted octanol–water partition coefficient (Wildman–Crippen LogP) is 3.07. The summed E-state index contributed by atoms with van der Waals surface area (Å²) in [5, 5.41) is 9.59. The molecule has 3 rings (SSSR count). The Morgan fingerprint density at radius 2 is 2.14 bits per heavy atom. The summed E-state index contributed by atoms with van der Waals surface area (Å²) in [7, 11) is 0. The third kappa shape index (κ3) is 2.43. The number of carbonyl (C=O) groups is 1. The lowest BCUT2D eigenvalue weighted by Gasteiger charge is -2.18. The van der Waals surface area contributed by atoms with E-state index in [-0.39, 0.29) is 11.1 Å². The fourth-order valence-corrected chi connectivity index (χ4v) is 2.95. The molecule has 2 aromatic rings. The van der Waals surface area contributed by atoms with E-state index in [9.17, 15) is 9.59 Å². The van der Waals surface area contributed by atoms with Crippen molar-refractivity contribution in [2.24, 2.45) is 0 Å². The van der Waals surface area contributed by atoms with E-state index in [0.717, 1.165) is 31.3 Å². The maximum Gasteiger partial charge on any atom is 0.335 e. The van der Waals surface area contributed by atoms with Gasteiger partial charge in [-0.1, -0.05) is 12.5 Å². The van der Waals surface area contributed by atoms with E-state index in [2.05, 4.69) is 4.98 Å². The van der Waals surface area contributed by atoms with Crippen molar-refractivity contribution < 1.29 is 9.90 Å². The number of carboxylic acid groups (broad SMARTS) is 1. The number of allylic oxidation sites excluding steroid dienone is 2. The Balaban J connectivity index is 2.31. The molecule has 0 bridgehead atoms. The molecule has 5 nitrogen and oxygen atoms in total. The Hall–Kier alpha value is -2.43. The first-order valence-corrected chi connectivity index (χ1v) is 7.55. The van der Waals surface area contributed by atoms with Crippen molar-refractivity contribution in [2.75, 3.05) is 0 Å². The molecule has 0 radical (unpaired) electrons. The average molecular weight is 298 g/mol. The van der Waals surface area contributed by atoms with Gasteiger partial charge in [0.25, 0.3) is 5.56 Å². The number of hydrogen-bond acceptors (Lipinski definition) is 3. The molecule has 0 saturated carbocycles. The number of rotatable bonds is 1. The van der Waals surface area contributed by atoms with Crippen LogP contribution >= 0.6 is 0 Å². The van der Waals surface area contributed by atoms with Gasteiger partial charge >= 0.3 is 5.97 Å². The van der Waals surface area contributed by atoms with E-state index >= 15 is 0 Å². The third-order valence-electron chi connectivity index (χ3n) is 4.17. The number of aromatic nitrogens is 2. The molecule has 0 unspecified atom stereocenters. The zero-order valence-electron chi connectivity index (χ0n) is 12.5. The molecule has 1 aromatic heterocycles. The zero-order chi connectivity index (χ0) is 15.7. The average Bonchev–Trinajstić information content (AvgIpc) is 2.49. The van der Waals surface area contributed by atoms with Crippen molar-refractivity contribution in [2.45, 2.75) is 39.2 Å². The van der Waals surface area contributed by atoms with Crippen LogP contribution in [-0.4, -0.2) is 20.6 Å². The maximum atomic E-state index is 12.7. The molecule has 1 aliphatic rings. The van der Waals surface area contributed by atoms with Crippen molar-refractivity contribution in [1.82, 2.24) is 9.55 Å². The minimum Gasteiger partial charge on any atom is -0.478 e.